The van der Waals surface area contributed by atoms with Gasteiger partial charge in [0.05, 0.1) is 23.2 Å². The van der Waals surface area contributed by atoms with Gasteiger partial charge in [0.15, 0.2) is 21.4 Å². The minimum Gasteiger partial charge on any atom is -0.488 e. The lowest BCUT2D eigenvalue weighted by molar-refractivity contribution is 0.231. The SMILES string of the molecule is CCS(=O)(=O)CCNc1cc(OC(C)C)c(F)cc1N. The standard InChI is InChI=1S/C13H21FN2O3S/c1-4-20(17,18)6-5-16-12-8-13(19-9(2)3)10(14)7-11(12)15/h7-9,16H,4-6,15H2,1-3H3. The smallest absolute Gasteiger partial charge is 0.167 e. The van der Waals surface area contributed by atoms with E-state index in [4.69, 9.17) is 10.5 Å². The number of nitrogen functional groups attached to an aromatic ring is 1. The molecule has 3 N–H and O–H groups in total. The van der Waals surface area contributed by atoms with Crippen molar-refractivity contribution in [3.63, 3.8) is 0 Å². The number of halogens is 1. The van der Waals surface area contributed by atoms with Crippen LogP contribution >= 0.6 is 0 Å². The average Bonchev–Trinajstić information content (AvgIpc) is 2.34. The summed E-state index contributed by atoms with van der Waals surface area (Å²) in [5, 5.41) is 2.89. The summed E-state index contributed by atoms with van der Waals surface area (Å²) < 4.78 is 41.7. The summed E-state index contributed by atoms with van der Waals surface area (Å²) in [5.74, 6) is -0.353. The molecule has 0 heterocycles. The Balaban J connectivity index is 2.79. The first-order chi connectivity index (χ1) is 9.25. The van der Waals surface area contributed by atoms with E-state index in [2.05, 4.69) is 5.32 Å². The van der Waals surface area contributed by atoms with E-state index in [-0.39, 0.29) is 35.6 Å². The average molecular weight is 304 g/mol. The fraction of sp³-hybridized carbons (Fsp3) is 0.538. The molecular formula is C13H21FN2O3S. The molecule has 0 unspecified atom stereocenters. The Morgan fingerprint density at radius 1 is 1.40 bits per heavy atom. The van der Waals surface area contributed by atoms with Gasteiger partial charge in [-0.15, -0.1) is 0 Å². The van der Waals surface area contributed by atoms with Crippen LogP contribution in [0.5, 0.6) is 5.75 Å². The van der Waals surface area contributed by atoms with E-state index in [0.29, 0.717) is 5.69 Å². The first kappa shape index (κ1) is 16.6. The lowest BCUT2D eigenvalue weighted by Gasteiger charge is -2.15. The van der Waals surface area contributed by atoms with Crippen LogP contribution in [0.4, 0.5) is 15.8 Å². The van der Waals surface area contributed by atoms with Crippen LogP contribution in [-0.4, -0.2) is 32.6 Å². The molecule has 20 heavy (non-hydrogen) atoms. The van der Waals surface area contributed by atoms with Crippen molar-refractivity contribution in [1.29, 1.82) is 0 Å². The van der Waals surface area contributed by atoms with Gasteiger partial charge in [-0.2, -0.15) is 0 Å². The van der Waals surface area contributed by atoms with Gasteiger partial charge >= 0.3 is 0 Å². The fourth-order valence-corrected chi connectivity index (χ4v) is 2.25. The third kappa shape index (κ3) is 4.88. The van der Waals surface area contributed by atoms with Crippen LogP contribution in [0.1, 0.15) is 20.8 Å². The van der Waals surface area contributed by atoms with Crippen LogP contribution in [0.3, 0.4) is 0 Å². The van der Waals surface area contributed by atoms with Crippen molar-refractivity contribution in [1.82, 2.24) is 0 Å². The first-order valence-electron chi connectivity index (χ1n) is 6.45. The highest BCUT2D eigenvalue weighted by Crippen LogP contribution is 2.28. The minimum absolute atomic E-state index is 0.000682. The molecule has 1 aromatic rings. The van der Waals surface area contributed by atoms with Gasteiger partial charge in [-0.25, -0.2) is 12.8 Å². The monoisotopic (exact) mass is 304 g/mol. The van der Waals surface area contributed by atoms with Gasteiger partial charge in [0, 0.05) is 24.4 Å². The van der Waals surface area contributed by atoms with Crippen molar-refractivity contribution in [3.05, 3.63) is 17.9 Å². The number of nitrogens with one attached hydrogen (secondary N) is 1. The third-order valence-corrected chi connectivity index (χ3v) is 4.34. The molecule has 1 aromatic carbocycles. The number of sulfone groups is 1. The van der Waals surface area contributed by atoms with Gasteiger partial charge in [-0.1, -0.05) is 6.92 Å². The van der Waals surface area contributed by atoms with E-state index < -0.39 is 15.7 Å². The summed E-state index contributed by atoms with van der Waals surface area (Å²) in [6, 6.07) is 2.61. The molecule has 0 amide bonds. The summed E-state index contributed by atoms with van der Waals surface area (Å²) in [6.45, 7) is 5.39. The summed E-state index contributed by atoms with van der Waals surface area (Å²) in [4.78, 5) is 0. The quantitative estimate of drug-likeness (QED) is 0.753. The van der Waals surface area contributed by atoms with Gasteiger partial charge in [0.2, 0.25) is 0 Å². The molecule has 0 spiro atoms. The van der Waals surface area contributed by atoms with Crippen LogP contribution in [-0.2, 0) is 9.84 Å². The lowest BCUT2D eigenvalue weighted by atomic mass is 10.2. The predicted octanol–water partition coefficient (Wildman–Crippen LogP) is 2.04. The minimum atomic E-state index is -3.05. The van der Waals surface area contributed by atoms with Crippen LogP contribution in [0, 0.1) is 5.82 Å². The van der Waals surface area contributed by atoms with Crippen LogP contribution in [0.2, 0.25) is 0 Å². The Morgan fingerprint density at radius 2 is 2.05 bits per heavy atom. The molecule has 5 nitrogen and oxygen atoms in total. The summed E-state index contributed by atoms with van der Waals surface area (Å²) in [7, 11) is -3.05. The first-order valence-corrected chi connectivity index (χ1v) is 8.27. The van der Waals surface area contributed by atoms with Gasteiger partial charge in [0.1, 0.15) is 0 Å². The zero-order valence-corrected chi connectivity index (χ0v) is 12.8. The van der Waals surface area contributed by atoms with Crippen LogP contribution in [0.25, 0.3) is 0 Å². The number of hydrogen-bond donors (Lipinski definition) is 2. The van der Waals surface area contributed by atoms with Gasteiger partial charge in [0.25, 0.3) is 0 Å². The summed E-state index contributed by atoms with van der Waals surface area (Å²) in [5.41, 5.74) is 6.38. The number of rotatable bonds is 7. The van der Waals surface area contributed by atoms with Crippen molar-refractivity contribution in [2.24, 2.45) is 0 Å². The van der Waals surface area contributed by atoms with Gasteiger partial charge in [-0.05, 0) is 13.8 Å². The molecule has 0 aliphatic rings. The van der Waals surface area contributed by atoms with E-state index in [1.165, 1.54) is 6.07 Å². The topological polar surface area (TPSA) is 81.4 Å². The molecule has 0 aromatic heterocycles. The number of nitrogens with two attached hydrogens (primary N) is 1. The maximum atomic E-state index is 13.6. The maximum Gasteiger partial charge on any atom is 0.167 e. The van der Waals surface area contributed by atoms with Crippen molar-refractivity contribution >= 4 is 21.2 Å². The molecular weight excluding hydrogens is 283 g/mol. The molecule has 0 saturated carbocycles. The van der Waals surface area contributed by atoms with Crippen molar-refractivity contribution in [2.75, 3.05) is 29.1 Å². The largest absolute Gasteiger partial charge is 0.488 e. The summed E-state index contributed by atoms with van der Waals surface area (Å²) in [6.07, 6.45) is -0.165. The molecule has 0 bridgehead atoms. The second-order valence-electron chi connectivity index (χ2n) is 4.70. The maximum absolute atomic E-state index is 13.6. The third-order valence-electron chi connectivity index (χ3n) is 2.64. The second-order valence-corrected chi connectivity index (χ2v) is 7.17. The molecule has 0 atom stereocenters. The van der Waals surface area contributed by atoms with E-state index in [0.717, 1.165) is 6.07 Å². The highest BCUT2D eigenvalue weighted by atomic mass is 32.2. The molecule has 0 fully saturated rings. The fourth-order valence-electron chi connectivity index (χ4n) is 1.55. The molecule has 0 aliphatic carbocycles. The van der Waals surface area contributed by atoms with Crippen LogP contribution in [0.15, 0.2) is 12.1 Å². The molecule has 1 rings (SSSR count). The zero-order chi connectivity index (χ0) is 15.3. The Hall–Kier alpha value is -1.50. The number of anilines is 2. The van der Waals surface area contributed by atoms with Crippen molar-refractivity contribution in [2.45, 2.75) is 26.9 Å². The predicted molar refractivity (Wildman–Crippen MR) is 79.4 cm³/mol. The second kappa shape index (κ2) is 6.78. The number of ether oxygens (including phenoxy) is 1. The highest BCUT2D eigenvalue weighted by Gasteiger charge is 2.12. The van der Waals surface area contributed by atoms with Gasteiger partial charge < -0.3 is 15.8 Å². The number of benzene rings is 1. The van der Waals surface area contributed by atoms with E-state index in [9.17, 15) is 12.8 Å². The normalized spacial score (nSPS) is 11.7. The Morgan fingerprint density at radius 3 is 2.60 bits per heavy atom. The Labute approximate surface area is 119 Å². The van der Waals surface area contributed by atoms with Crippen molar-refractivity contribution < 1.29 is 17.5 Å². The van der Waals surface area contributed by atoms with Crippen molar-refractivity contribution in [3.8, 4) is 5.75 Å². The lowest BCUT2D eigenvalue weighted by Crippen LogP contribution is -2.18. The molecule has 7 heteroatoms. The molecule has 0 radical (unpaired) electrons. The van der Waals surface area contributed by atoms with E-state index >= 15 is 0 Å². The van der Waals surface area contributed by atoms with E-state index in [1.54, 1.807) is 20.8 Å². The number of hydrogen-bond acceptors (Lipinski definition) is 5. The Bertz CT molecular complexity index is 559. The molecule has 114 valence electrons. The van der Waals surface area contributed by atoms with E-state index in [1.807, 2.05) is 0 Å². The molecule has 0 saturated heterocycles. The zero-order valence-electron chi connectivity index (χ0n) is 11.9. The summed E-state index contributed by atoms with van der Waals surface area (Å²) >= 11 is 0. The van der Waals surface area contributed by atoms with Gasteiger partial charge in [-0.3, -0.25) is 0 Å². The highest BCUT2D eigenvalue weighted by molar-refractivity contribution is 7.91. The Kier molecular flexibility index (Phi) is 5.62. The van der Waals surface area contributed by atoms with Crippen LogP contribution < -0.4 is 15.8 Å². The molecule has 0 aliphatic heterocycles.